The quantitative estimate of drug-likeness (QED) is 0.928. The van der Waals surface area contributed by atoms with E-state index in [1.807, 2.05) is 0 Å². The van der Waals surface area contributed by atoms with Crippen LogP contribution < -0.4 is 5.32 Å². The van der Waals surface area contributed by atoms with Crippen LogP contribution in [0.5, 0.6) is 0 Å². The van der Waals surface area contributed by atoms with E-state index >= 15 is 0 Å². The molecule has 23 heavy (non-hydrogen) atoms. The highest BCUT2D eigenvalue weighted by molar-refractivity contribution is 5.99. The lowest BCUT2D eigenvalue weighted by Crippen LogP contribution is -2.30. The fourth-order valence-electron chi connectivity index (χ4n) is 2.94. The number of carbonyl (C=O) groups is 2. The van der Waals surface area contributed by atoms with Crippen LogP contribution in [0.4, 0.5) is 18.9 Å². The van der Waals surface area contributed by atoms with Crippen LogP contribution in [0.1, 0.15) is 24.8 Å². The van der Waals surface area contributed by atoms with E-state index in [4.69, 9.17) is 0 Å². The summed E-state index contributed by atoms with van der Waals surface area (Å²) < 4.78 is 38.0. The van der Waals surface area contributed by atoms with E-state index < -0.39 is 17.7 Å². The number of amides is 2. The van der Waals surface area contributed by atoms with Crippen LogP contribution in [0.3, 0.4) is 0 Å². The lowest BCUT2D eigenvalue weighted by atomic mass is 10.2. The van der Waals surface area contributed by atoms with Crippen LogP contribution >= 0.6 is 0 Å². The minimum absolute atomic E-state index is 0.00769. The molecule has 1 aromatic carbocycles. The molecule has 7 heteroatoms. The van der Waals surface area contributed by atoms with Crippen molar-refractivity contribution >= 4 is 17.5 Å². The predicted molar refractivity (Wildman–Crippen MR) is 77.5 cm³/mol. The summed E-state index contributed by atoms with van der Waals surface area (Å²) in [4.78, 5) is 26.0. The summed E-state index contributed by atoms with van der Waals surface area (Å²) in [6.07, 6.45) is -2.01. The number of hydrogen-bond donors (Lipinski definition) is 1. The summed E-state index contributed by atoms with van der Waals surface area (Å²) in [5.74, 6) is -1.15. The van der Waals surface area contributed by atoms with E-state index in [-0.39, 0.29) is 23.4 Å². The van der Waals surface area contributed by atoms with Gasteiger partial charge >= 0.3 is 6.18 Å². The van der Waals surface area contributed by atoms with E-state index in [1.54, 1.807) is 4.90 Å². The molecule has 124 valence electrons. The van der Waals surface area contributed by atoms with Gasteiger partial charge in [-0.3, -0.25) is 9.59 Å². The third-order valence-electron chi connectivity index (χ3n) is 4.32. The second kappa shape index (κ2) is 5.86. The number of likely N-dealkylation sites (tertiary alicyclic amines) is 1. The highest BCUT2D eigenvalue weighted by Crippen LogP contribution is 2.41. The zero-order valence-corrected chi connectivity index (χ0v) is 12.4. The van der Waals surface area contributed by atoms with Gasteiger partial charge in [-0.1, -0.05) is 6.07 Å². The highest BCUT2D eigenvalue weighted by Gasteiger charge is 2.49. The lowest BCUT2D eigenvalue weighted by Gasteiger charge is -2.15. The summed E-state index contributed by atoms with van der Waals surface area (Å²) in [7, 11) is 0. The molecule has 1 N–H and O–H groups in total. The van der Waals surface area contributed by atoms with Gasteiger partial charge in [0.15, 0.2) is 0 Å². The average Bonchev–Trinajstić information content (AvgIpc) is 3.11. The Morgan fingerprint density at radius 1 is 1.13 bits per heavy atom. The monoisotopic (exact) mass is 326 g/mol. The molecule has 0 radical (unpaired) electrons. The van der Waals surface area contributed by atoms with Crippen LogP contribution in [0.25, 0.3) is 0 Å². The van der Waals surface area contributed by atoms with Gasteiger partial charge in [-0.05, 0) is 37.5 Å². The third-order valence-corrected chi connectivity index (χ3v) is 4.32. The van der Waals surface area contributed by atoms with Crippen molar-refractivity contribution in [2.45, 2.75) is 25.4 Å². The first kappa shape index (κ1) is 15.8. The third kappa shape index (κ3) is 3.48. The molecular weight excluding hydrogens is 309 g/mol. The van der Waals surface area contributed by atoms with Gasteiger partial charge in [-0.15, -0.1) is 0 Å². The molecule has 1 aliphatic carbocycles. The van der Waals surface area contributed by atoms with Gasteiger partial charge in [0, 0.05) is 18.8 Å². The van der Waals surface area contributed by atoms with Gasteiger partial charge in [0.2, 0.25) is 11.8 Å². The molecule has 3 rings (SSSR count). The van der Waals surface area contributed by atoms with Gasteiger partial charge in [-0.2, -0.15) is 13.2 Å². The summed E-state index contributed by atoms with van der Waals surface area (Å²) in [5.41, 5.74) is -0.708. The van der Waals surface area contributed by atoms with Crippen LogP contribution in [0, 0.1) is 11.8 Å². The van der Waals surface area contributed by atoms with Gasteiger partial charge in [-0.25, -0.2) is 0 Å². The summed E-state index contributed by atoms with van der Waals surface area (Å²) in [6, 6.07) is 4.51. The summed E-state index contributed by atoms with van der Waals surface area (Å²) in [6.45, 7) is 1.47. The molecule has 1 aromatic rings. The number of benzene rings is 1. The van der Waals surface area contributed by atoms with Crippen molar-refractivity contribution < 1.29 is 22.8 Å². The minimum Gasteiger partial charge on any atom is -0.342 e. The van der Waals surface area contributed by atoms with Crippen molar-refractivity contribution in [2.75, 3.05) is 18.4 Å². The standard InChI is InChI=1S/C16H17F3N2O2/c17-16(18,19)10-4-3-5-11(8-10)20-14(22)12-9-13(12)15(23)21-6-1-2-7-21/h3-5,8,12-13H,1-2,6-7,9H2,(H,20,22). The Morgan fingerprint density at radius 3 is 2.48 bits per heavy atom. The Kier molecular flexibility index (Phi) is 4.04. The zero-order valence-electron chi connectivity index (χ0n) is 12.4. The fourth-order valence-corrected chi connectivity index (χ4v) is 2.94. The van der Waals surface area contributed by atoms with Crippen molar-refractivity contribution in [1.29, 1.82) is 0 Å². The number of hydrogen-bond acceptors (Lipinski definition) is 2. The average molecular weight is 326 g/mol. The summed E-state index contributed by atoms with van der Waals surface area (Å²) >= 11 is 0. The molecule has 1 aliphatic heterocycles. The molecule has 0 bridgehead atoms. The molecule has 1 saturated carbocycles. The maximum Gasteiger partial charge on any atom is 0.416 e. The highest BCUT2D eigenvalue weighted by atomic mass is 19.4. The van der Waals surface area contributed by atoms with E-state index in [0.29, 0.717) is 6.42 Å². The van der Waals surface area contributed by atoms with Gasteiger partial charge < -0.3 is 10.2 Å². The molecule has 1 saturated heterocycles. The molecule has 2 atom stereocenters. The molecule has 2 unspecified atom stereocenters. The van der Waals surface area contributed by atoms with Crippen LogP contribution in [0.15, 0.2) is 24.3 Å². The van der Waals surface area contributed by atoms with E-state index in [0.717, 1.165) is 38.1 Å². The Balaban J connectivity index is 1.59. The molecule has 0 spiro atoms. The van der Waals surface area contributed by atoms with Crippen molar-refractivity contribution in [3.05, 3.63) is 29.8 Å². The molecule has 2 amide bonds. The van der Waals surface area contributed by atoms with Crippen LogP contribution in [-0.4, -0.2) is 29.8 Å². The number of nitrogens with one attached hydrogen (secondary N) is 1. The first-order valence-electron chi connectivity index (χ1n) is 7.63. The second-order valence-electron chi connectivity index (χ2n) is 6.05. The van der Waals surface area contributed by atoms with Crippen molar-refractivity contribution in [3.8, 4) is 0 Å². The smallest absolute Gasteiger partial charge is 0.342 e. The second-order valence-corrected chi connectivity index (χ2v) is 6.05. The molecule has 1 heterocycles. The Bertz CT molecular complexity index is 624. The number of carbonyl (C=O) groups excluding carboxylic acids is 2. The number of nitrogens with zero attached hydrogens (tertiary/aromatic N) is 1. The Morgan fingerprint density at radius 2 is 1.83 bits per heavy atom. The zero-order chi connectivity index (χ0) is 16.6. The van der Waals surface area contributed by atoms with Crippen molar-refractivity contribution in [2.24, 2.45) is 11.8 Å². The molecule has 2 fully saturated rings. The van der Waals surface area contributed by atoms with Gasteiger partial charge in [0.1, 0.15) is 0 Å². The largest absolute Gasteiger partial charge is 0.416 e. The van der Waals surface area contributed by atoms with Crippen molar-refractivity contribution in [1.82, 2.24) is 4.90 Å². The van der Waals surface area contributed by atoms with Crippen LogP contribution in [0.2, 0.25) is 0 Å². The molecule has 0 aromatic heterocycles. The maximum absolute atomic E-state index is 12.7. The number of alkyl halides is 3. The SMILES string of the molecule is O=C(Nc1cccc(C(F)(F)F)c1)C1CC1C(=O)N1CCCC1. The van der Waals surface area contributed by atoms with Crippen molar-refractivity contribution in [3.63, 3.8) is 0 Å². The number of halogens is 3. The fraction of sp³-hybridized carbons (Fsp3) is 0.500. The normalized spacial score (nSPS) is 23.7. The topological polar surface area (TPSA) is 49.4 Å². The number of anilines is 1. The van der Waals surface area contributed by atoms with E-state index in [1.165, 1.54) is 12.1 Å². The molecular formula is C16H17F3N2O2. The first-order valence-corrected chi connectivity index (χ1v) is 7.63. The Labute approximate surface area is 131 Å². The number of rotatable bonds is 3. The van der Waals surface area contributed by atoms with Gasteiger partial charge in [0.25, 0.3) is 0 Å². The minimum atomic E-state index is -4.45. The predicted octanol–water partition coefficient (Wildman–Crippen LogP) is 2.90. The van der Waals surface area contributed by atoms with E-state index in [9.17, 15) is 22.8 Å². The Hall–Kier alpha value is -2.05. The lowest BCUT2D eigenvalue weighted by molar-refractivity contribution is -0.137. The molecule has 2 aliphatic rings. The first-order chi connectivity index (χ1) is 10.9. The van der Waals surface area contributed by atoms with Crippen LogP contribution in [-0.2, 0) is 15.8 Å². The van der Waals surface area contributed by atoms with E-state index in [2.05, 4.69) is 5.32 Å². The van der Waals surface area contributed by atoms with Gasteiger partial charge in [0.05, 0.1) is 17.4 Å². The maximum atomic E-state index is 12.7. The molecule has 4 nitrogen and oxygen atoms in total. The summed E-state index contributed by atoms with van der Waals surface area (Å²) in [5, 5.41) is 2.48.